The molecule has 0 aliphatic carbocycles. The van der Waals surface area contributed by atoms with Crippen molar-refractivity contribution in [2.75, 3.05) is 19.8 Å². The fourth-order valence-electron chi connectivity index (χ4n) is 0.682. The fourth-order valence-corrected chi connectivity index (χ4v) is 0.682. The number of ether oxygens (including phenoxy) is 1. The number of aliphatic hydroxyl groups excluding tert-OH is 1. The maximum absolute atomic E-state index is 10.9. The zero-order valence-electron chi connectivity index (χ0n) is 7.46. The first-order valence-corrected chi connectivity index (χ1v) is 3.10. The van der Waals surface area contributed by atoms with Crippen molar-refractivity contribution in [3.8, 4) is 0 Å². The van der Waals surface area contributed by atoms with Gasteiger partial charge in [0, 0.05) is 6.42 Å². The van der Waals surface area contributed by atoms with Crippen LogP contribution < -0.4 is 5.32 Å². The summed E-state index contributed by atoms with van der Waals surface area (Å²) in [7, 11) is 0. The lowest BCUT2D eigenvalue weighted by molar-refractivity contribution is -0.121. The predicted molar refractivity (Wildman–Crippen MR) is 34.5 cm³/mol. The van der Waals surface area contributed by atoms with E-state index in [0.29, 0.717) is 0 Å². The summed E-state index contributed by atoms with van der Waals surface area (Å²) < 4.78 is 19.3. The van der Waals surface area contributed by atoms with Crippen LogP contribution in [0.5, 0.6) is 0 Å². The Kier molecular flexibility index (Phi) is 1.80. The molecule has 1 fully saturated rings. The summed E-state index contributed by atoms with van der Waals surface area (Å²) in [6.45, 7) is -2.38. The van der Waals surface area contributed by atoms with Gasteiger partial charge < -0.3 is 15.2 Å². The maximum Gasteiger partial charge on any atom is 0.222 e. The third-order valence-corrected chi connectivity index (χ3v) is 1.17. The molecule has 0 aromatic rings. The monoisotopic (exact) mass is 147 g/mol. The van der Waals surface area contributed by atoms with Crippen molar-refractivity contribution in [1.82, 2.24) is 5.32 Å². The molecule has 0 aromatic carbocycles. The third kappa shape index (κ3) is 1.97. The van der Waals surface area contributed by atoms with Crippen LogP contribution in [-0.2, 0) is 9.53 Å². The number of carbonyl (C=O) groups excluding carboxylic acids is 1. The van der Waals surface area contributed by atoms with Crippen molar-refractivity contribution in [3.63, 3.8) is 0 Å². The van der Waals surface area contributed by atoms with E-state index in [1.807, 2.05) is 0 Å². The average Bonchev–Trinajstić information content (AvgIpc) is 2.10. The van der Waals surface area contributed by atoms with Gasteiger partial charge in [-0.3, -0.25) is 4.79 Å². The van der Waals surface area contributed by atoms with Crippen molar-refractivity contribution in [3.05, 3.63) is 0 Å². The van der Waals surface area contributed by atoms with Crippen LogP contribution in [0.4, 0.5) is 0 Å². The second kappa shape index (κ2) is 3.53. The number of aliphatic hydroxyl groups is 1. The van der Waals surface area contributed by atoms with Gasteiger partial charge in [-0.15, -0.1) is 0 Å². The van der Waals surface area contributed by atoms with Gasteiger partial charge in [0.05, 0.1) is 28.6 Å². The van der Waals surface area contributed by atoms with Gasteiger partial charge in [0.25, 0.3) is 0 Å². The Morgan fingerprint density at radius 3 is 3.50 bits per heavy atom. The Morgan fingerprint density at radius 1 is 2.00 bits per heavy atom. The van der Waals surface area contributed by atoms with E-state index >= 15 is 0 Å². The molecule has 4 nitrogen and oxygen atoms in total. The Balaban J connectivity index is 2.69. The van der Waals surface area contributed by atoms with Crippen LogP contribution in [0.25, 0.3) is 0 Å². The van der Waals surface area contributed by atoms with Gasteiger partial charge in [-0.1, -0.05) is 0 Å². The SMILES string of the molecule is [2H]C1([2H])OCCC(=O)N[C@@H]1CO. The third-order valence-electron chi connectivity index (χ3n) is 1.17. The van der Waals surface area contributed by atoms with Gasteiger partial charge in [0.2, 0.25) is 5.91 Å². The molecular formula is C6H11NO3. The summed E-state index contributed by atoms with van der Waals surface area (Å²) >= 11 is 0. The number of hydrogen-bond acceptors (Lipinski definition) is 3. The van der Waals surface area contributed by atoms with Crippen molar-refractivity contribution in [2.24, 2.45) is 0 Å². The molecule has 58 valence electrons. The Hall–Kier alpha value is -0.610. The zero-order chi connectivity index (χ0) is 9.19. The highest BCUT2D eigenvalue weighted by atomic mass is 16.5. The second-order valence-corrected chi connectivity index (χ2v) is 2.02. The van der Waals surface area contributed by atoms with Gasteiger partial charge >= 0.3 is 0 Å². The van der Waals surface area contributed by atoms with Gasteiger partial charge in [0.15, 0.2) is 0 Å². The van der Waals surface area contributed by atoms with Crippen LogP contribution in [0.2, 0.25) is 0 Å². The quantitative estimate of drug-likeness (QED) is 0.494. The summed E-state index contributed by atoms with van der Waals surface area (Å²) in [6.07, 6.45) is 0.135. The van der Waals surface area contributed by atoms with Crippen LogP contribution >= 0.6 is 0 Å². The number of rotatable bonds is 1. The molecule has 1 aliphatic rings. The van der Waals surface area contributed by atoms with Gasteiger partial charge in [-0.25, -0.2) is 0 Å². The minimum absolute atomic E-state index is 0.0509. The molecule has 0 radical (unpaired) electrons. The van der Waals surface area contributed by atoms with Crippen molar-refractivity contribution < 1.29 is 17.4 Å². The van der Waals surface area contributed by atoms with Gasteiger partial charge in [-0.05, 0) is 0 Å². The zero-order valence-corrected chi connectivity index (χ0v) is 5.46. The molecule has 1 rings (SSSR count). The lowest BCUT2D eigenvalue weighted by Crippen LogP contribution is -2.38. The van der Waals surface area contributed by atoms with Gasteiger partial charge in [-0.2, -0.15) is 0 Å². The van der Waals surface area contributed by atoms with Crippen LogP contribution in [0.3, 0.4) is 0 Å². The topological polar surface area (TPSA) is 58.6 Å². The van der Waals surface area contributed by atoms with E-state index in [4.69, 9.17) is 12.6 Å². The van der Waals surface area contributed by atoms with Crippen LogP contribution in [-0.4, -0.2) is 36.8 Å². The molecular weight excluding hydrogens is 134 g/mol. The molecule has 1 amide bonds. The molecule has 0 saturated carbocycles. The largest absolute Gasteiger partial charge is 0.394 e. The molecule has 10 heavy (non-hydrogen) atoms. The average molecular weight is 147 g/mol. The Labute approximate surface area is 62.0 Å². The summed E-state index contributed by atoms with van der Waals surface area (Å²) in [6, 6.07) is -0.965. The lowest BCUT2D eigenvalue weighted by atomic mass is 10.3. The molecule has 4 heteroatoms. The van der Waals surface area contributed by atoms with E-state index in [1.54, 1.807) is 0 Å². The standard InChI is InChI=1S/C6H11NO3/c8-3-5-4-10-2-1-6(9)7-5/h5,8H,1-4H2,(H,7,9)/t5-/m1/s1/i4D2. The summed E-state index contributed by atoms with van der Waals surface area (Å²) in [5.41, 5.74) is 0. The van der Waals surface area contributed by atoms with E-state index < -0.39 is 19.2 Å². The number of carbonyl (C=O) groups is 1. The Morgan fingerprint density at radius 2 is 2.80 bits per heavy atom. The summed E-state index contributed by atoms with van der Waals surface area (Å²) in [5.74, 6) is -0.296. The van der Waals surface area contributed by atoms with Crippen molar-refractivity contribution in [2.45, 2.75) is 12.5 Å². The summed E-state index contributed by atoms with van der Waals surface area (Å²) in [5, 5.41) is 11.1. The highest BCUT2D eigenvalue weighted by Gasteiger charge is 2.14. The lowest BCUT2D eigenvalue weighted by Gasteiger charge is -2.10. The molecule has 1 atom stereocenters. The molecule has 1 saturated heterocycles. The first kappa shape index (κ1) is 5.09. The first-order chi connectivity index (χ1) is 5.56. The number of hydrogen-bond donors (Lipinski definition) is 2. The van der Waals surface area contributed by atoms with Crippen molar-refractivity contribution >= 4 is 5.91 Å². The van der Waals surface area contributed by atoms with E-state index in [2.05, 4.69) is 5.32 Å². The van der Waals surface area contributed by atoms with Gasteiger partial charge in [0.1, 0.15) is 0 Å². The molecule has 1 heterocycles. The molecule has 0 unspecified atom stereocenters. The molecule has 1 aliphatic heterocycles. The van der Waals surface area contributed by atoms with Crippen LogP contribution in [0.1, 0.15) is 9.16 Å². The first-order valence-electron chi connectivity index (χ1n) is 4.10. The Bertz CT molecular complexity index is 186. The summed E-state index contributed by atoms with van der Waals surface area (Å²) in [4.78, 5) is 10.9. The highest BCUT2D eigenvalue weighted by molar-refractivity contribution is 5.76. The molecule has 2 N–H and O–H groups in total. The normalized spacial score (nSPS) is 35.3. The molecule has 0 bridgehead atoms. The van der Waals surface area contributed by atoms with E-state index in [-0.39, 0.29) is 18.9 Å². The molecule has 0 spiro atoms. The van der Waals surface area contributed by atoms with Crippen molar-refractivity contribution in [1.29, 1.82) is 0 Å². The van der Waals surface area contributed by atoms with E-state index in [0.717, 1.165) is 0 Å². The van der Waals surface area contributed by atoms with E-state index in [9.17, 15) is 4.79 Å². The fraction of sp³-hybridized carbons (Fsp3) is 0.833. The molecule has 0 aromatic heterocycles. The van der Waals surface area contributed by atoms with E-state index in [1.165, 1.54) is 0 Å². The highest BCUT2D eigenvalue weighted by Crippen LogP contribution is 1.94. The smallest absolute Gasteiger partial charge is 0.222 e. The van der Waals surface area contributed by atoms with Crippen LogP contribution in [0, 0.1) is 0 Å². The number of amides is 1. The number of nitrogens with one attached hydrogen (secondary N) is 1. The predicted octanol–water partition coefficient (Wildman–Crippen LogP) is -1.12. The second-order valence-electron chi connectivity index (χ2n) is 2.02. The maximum atomic E-state index is 10.9. The van der Waals surface area contributed by atoms with Crippen LogP contribution in [0.15, 0.2) is 0 Å². The minimum atomic E-state index is -1.97. The minimum Gasteiger partial charge on any atom is -0.394 e.